The van der Waals surface area contributed by atoms with Crippen LogP contribution in [0, 0.1) is 0 Å². The normalized spacial score (nSPS) is 17.4. The highest BCUT2D eigenvalue weighted by molar-refractivity contribution is 5.31. The van der Waals surface area contributed by atoms with E-state index < -0.39 is 5.54 Å². The SMILES string of the molecule is CNC(CO)(CN1Cc2ccccc2C1)c1ccccc1. The van der Waals surface area contributed by atoms with Crippen molar-refractivity contribution in [1.29, 1.82) is 0 Å². The van der Waals surface area contributed by atoms with Gasteiger partial charge in [-0.05, 0) is 23.7 Å². The van der Waals surface area contributed by atoms with Gasteiger partial charge in [0.2, 0.25) is 0 Å². The molecule has 0 aliphatic carbocycles. The van der Waals surface area contributed by atoms with E-state index in [1.807, 2.05) is 25.2 Å². The zero-order valence-electron chi connectivity index (χ0n) is 12.4. The Bertz CT molecular complexity index is 568. The zero-order valence-corrected chi connectivity index (χ0v) is 12.4. The molecule has 1 atom stereocenters. The van der Waals surface area contributed by atoms with Gasteiger partial charge < -0.3 is 10.4 Å². The van der Waals surface area contributed by atoms with Crippen molar-refractivity contribution in [3.8, 4) is 0 Å². The molecule has 1 heterocycles. The fourth-order valence-electron chi connectivity index (χ4n) is 3.19. The molecule has 3 rings (SSSR count). The summed E-state index contributed by atoms with van der Waals surface area (Å²) in [4.78, 5) is 2.39. The highest BCUT2D eigenvalue weighted by Gasteiger charge is 2.33. The smallest absolute Gasteiger partial charge is 0.0795 e. The van der Waals surface area contributed by atoms with E-state index in [1.54, 1.807) is 0 Å². The van der Waals surface area contributed by atoms with Gasteiger partial charge in [-0.3, -0.25) is 4.90 Å². The van der Waals surface area contributed by atoms with Crippen LogP contribution in [0.3, 0.4) is 0 Å². The number of benzene rings is 2. The first-order valence-electron chi connectivity index (χ1n) is 7.42. The minimum Gasteiger partial charge on any atom is -0.394 e. The summed E-state index contributed by atoms with van der Waals surface area (Å²) in [7, 11) is 1.92. The van der Waals surface area contributed by atoms with E-state index in [-0.39, 0.29) is 6.61 Å². The molecule has 3 nitrogen and oxygen atoms in total. The second-order valence-corrected chi connectivity index (χ2v) is 5.77. The third-order valence-electron chi connectivity index (χ3n) is 4.47. The molecule has 0 fully saturated rings. The fourth-order valence-corrected chi connectivity index (χ4v) is 3.19. The van der Waals surface area contributed by atoms with Crippen molar-refractivity contribution in [2.24, 2.45) is 0 Å². The molecular weight excluding hydrogens is 260 g/mol. The van der Waals surface area contributed by atoms with E-state index in [0.717, 1.165) is 25.2 Å². The van der Waals surface area contributed by atoms with Gasteiger partial charge in [0, 0.05) is 19.6 Å². The Morgan fingerprint density at radius 1 is 1.00 bits per heavy atom. The average molecular weight is 282 g/mol. The fraction of sp³-hybridized carbons (Fsp3) is 0.333. The predicted octanol–water partition coefficient (Wildman–Crippen LogP) is 2.11. The first-order valence-corrected chi connectivity index (χ1v) is 7.42. The lowest BCUT2D eigenvalue weighted by atomic mass is 9.90. The van der Waals surface area contributed by atoms with Crippen LogP contribution in [0.15, 0.2) is 54.6 Å². The Morgan fingerprint density at radius 2 is 1.57 bits per heavy atom. The molecule has 2 aromatic carbocycles. The van der Waals surface area contributed by atoms with Crippen LogP contribution in [0.25, 0.3) is 0 Å². The Hall–Kier alpha value is -1.68. The molecule has 21 heavy (non-hydrogen) atoms. The van der Waals surface area contributed by atoms with E-state index in [9.17, 15) is 5.11 Å². The molecule has 0 bridgehead atoms. The number of hydrogen-bond donors (Lipinski definition) is 2. The first kappa shape index (κ1) is 14.3. The van der Waals surface area contributed by atoms with Crippen LogP contribution in [0.2, 0.25) is 0 Å². The number of hydrogen-bond acceptors (Lipinski definition) is 3. The minimum atomic E-state index is -0.413. The molecule has 2 N–H and O–H groups in total. The molecule has 0 saturated carbocycles. The number of fused-ring (bicyclic) bond motifs is 1. The molecule has 0 amide bonds. The van der Waals surface area contributed by atoms with Crippen LogP contribution in [0.1, 0.15) is 16.7 Å². The Balaban J connectivity index is 1.82. The maximum atomic E-state index is 10.0. The maximum Gasteiger partial charge on any atom is 0.0795 e. The molecule has 1 aliphatic rings. The van der Waals surface area contributed by atoms with E-state index in [0.29, 0.717) is 0 Å². The van der Waals surface area contributed by atoms with E-state index >= 15 is 0 Å². The summed E-state index contributed by atoms with van der Waals surface area (Å²) >= 11 is 0. The van der Waals surface area contributed by atoms with Crippen LogP contribution in [0.5, 0.6) is 0 Å². The number of rotatable bonds is 5. The maximum absolute atomic E-state index is 10.0. The molecule has 110 valence electrons. The number of nitrogens with one attached hydrogen (secondary N) is 1. The van der Waals surface area contributed by atoms with Crippen LogP contribution in [0.4, 0.5) is 0 Å². The van der Waals surface area contributed by atoms with E-state index in [1.165, 1.54) is 11.1 Å². The standard InChI is InChI=1S/C18H22N2O/c1-19-18(14-21,17-9-3-2-4-10-17)13-20-11-15-7-5-6-8-16(15)12-20/h2-10,19,21H,11-14H2,1H3. The zero-order chi connectivity index (χ0) is 14.7. The summed E-state index contributed by atoms with van der Waals surface area (Å²) in [5, 5.41) is 13.4. The van der Waals surface area contributed by atoms with Crippen molar-refractivity contribution in [3.63, 3.8) is 0 Å². The van der Waals surface area contributed by atoms with Crippen molar-refractivity contribution >= 4 is 0 Å². The lowest BCUT2D eigenvalue weighted by Gasteiger charge is -2.36. The summed E-state index contributed by atoms with van der Waals surface area (Å²) in [6, 6.07) is 18.8. The number of likely N-dealkylation sites (N-methyl/N-ethyl adjacent to an activating group) is 1. The summed E-state index contributed by atoms with van der Waals surface area (Å²) in [6.45, 7) is 2.78. The highest BCUT2D eigenvalue weighted by atomic mass is 16.3. The Labute approximate surface area is 126 Å². The summed E-state index contributed by atoms with van der Waals surface area (Å²) in [6.07, 6.45) is 0. The quantitative estimate of drug-likeness (QED) is 0.881. The molecule has 0 aromatic heterocycles. The largest absolute Gasteiger partial charge is 0.394 e. The minimum absolute atomic E-state index is 0.0837. The topological polar surface area (TPSA) is 35.5 Å². The Kier molecular flexibility index (Phi) is 4.06. The van der Waals surface area contributed by atoms with E-state index in [2.05, 4.69) is 46.6 Å². The van der Waals surface area contributed by atoms with Gasteiger partial charge in [0.05, 0.1) is 12.1 Å². The van der Waals surface area contributed by atoms with Crippen molar-refractivity contribution in [2.75, 3.05) is 20.2 Å². The molecule has 1 unspecified atom stereocenters. The lowest BCUT2D eigenvalue weighted by molar-refractivity contribution is 0.111. The van der Waals surface area contributed by atoms with Gasteiger partial charge in [0.1, 0.15) is 0 Å². The summed E-state index contributed by atoms with van der Waals surface area (Å²) in [5.74, 6) is 0. The number of nitrogens with zero attached hydrogens (tertiary/aromatic N) is 1. The molecule has 0 saturated heterocycles. The van der Waals surface area contributed by atoms with Gasteiger partial charge in [-0.25, -0.2) is 0 Å². The molecule has 0 spiro atoms. The van der Waals surface area contributed by atoms with Gasteiger partial charge in [-0.1, -0.05) is 54.6 Å². The molecule has 2 aromatic rings. The summed E-state index contributed by atoms with van der Waals surface area (Å²) in [5.41, 5.74) is 3.51. The number of aliphatic hydroxyl groups excluding tert-OH is 1. The first-order chi connectivity index (χ1) is 10.3. The lowest BCUT2D eigenvalue weighted by Crippen LogP contribution is -2.51. The molecule has 0 radical (unpaired) electrons. The van der Waals surface area contributed by atoms with Gasteiger partial charge in [-0.15, -0.1) is 0 Å². The van der Waals surface area contributed by atoms with Crippen molar-refractivity contribution < 1.29 is 5.11 Å². The van der Waals surface area contributed by atoms with Gasteiger partial charge in [0.15, 0.2) is 0 Å². The predicted molar refractivity (Wildman–Crippen MR) is 84.8 cm³/mol. The van der Waals surface area contributed by atoms with Crippen molar-refractivity contribution in [3.05, 3.63) is 71.3 Å². The second-order valence-electron chi connectivity index (χ2n) is 5.77. The number of aliphatic hydroxyl groups is 1. The third kappa shape index (κ3) is 2.72. The molecular formula is C18H22N2O. The monoisotopic (exact) mass is 282 g/mol. The average Bonchev–Trinajstić information content (AvgIpc) is 2.96. The Morgan fingerprint density at radius 3 is 2.10 bits per heavy atom. The van der Waals surface area contributed by atoms with Crippen molar-refractivity contribution in [1.82, 2.24) is 10.2 Å². The van der Waals surface area contributed by atoms with E-state index in [4.69, 9.17) is 0 Å². The van der Waals surface area contributed by atoms with Gasteiger partial charge in [0.25, 0.3) is 0 Å². The van der Waals surface area contributed by atoms with Crippen LogP contribution in [-0.4, -0.2) is 30.2 Å². The summed E-state index contributed by atoms with van der Waals surface area (Å²) < 4.78 is 0. The van der Waals surface area contributed by atoms with Crippen LogP contribution in [-0.2, 0) is 18.6 Å². The second kappa shape index (κ2) is 5.98. The van der Waals surface area contributed by atoms with Crippen molar-refractivity contribution in [2.45, 2.75) is 18.6 Å². The highest BCUT2D eigenvalue weighted by Crippen LogP contribution is 2.28. The third-order valence-corrected chi connectivity index (χ3v) is 4.47. The van der Waals surface area contributed by atoms with Gasteiger partial charge >= 0.3 is 0 Å². The molecule has 3 heteroatoms. The molecule has 1 aliphatic heterocycles. The van der Waals surface area contributed by atoms with Gasteiger partial charge in [-0.2, -0.15) is 0 Å². The van der Waals surface area contributed by atoms with Crippen LogP contribution < -0.4 is 5.32 Å². The van der Waals surface area contributed by atoms with Crippen LogP contribution >= 0.6 is 0 Å².